The summed E-state index contributed by atoms with van der Waals surface area (Å²) < 4.78 is 40.4. The molecule has 1 aromatic heterocycles. The van der Waals surface area contributed by atoms with Gasteiger partial charge in [-0.05, 0) is 30.3 Å². The maximum atomic E-state index is 13.0. The first-order valence-electron chi connectivity index (χ1n) is 10.7. The molecule has 11 heteroatoms. The lowest BCUT2D eigenvalue weighted by Gasteiger charge is -2.20. The first-order valence-corrected chi connectivity index (χ1v) is 13.1. The van der Waals surface area contributed by atoms with Gasteiger partial charge in [-0.15, -0.1) is 10.2 Å². The lowest BCUT2D eigenvalue weighted by molar-refractivity contribution is 0.171. The van der Waals surface area contributed by atoms with Gasteiger partial charge in [0.25, 0.3) is 0 Å². The minimum Gasteiger partial charge on any atom is -0.486 e. The number of sulfonamides is 1. The first kappa shape index (κ1) is 21.9. The van der Waals surface area contributed by atoms with E-state index < -0.39 is 10.0 Å². The number of hydrogen-bond acceptors (Lipinski definition) is 8. The number of aromatic nitrogens is 3. The summed E-state index contributed by atoms with van der Waals surface area (Å²) in [6.07, 6.45) is 0. The lowest BCUT2D eigenvalue weighted by atomic mass is 10.1. The Morgan fingerprint density at radius 3 is 2.58 bits per heavy atom. The first-order chi connectivity index (χ1) is 16.0. The molecule has 5 rings (SSSR count). The molecule has 9 nitrogen and oxygen atoms in total. The third-order valence-corrected chi connectivity index (χ3v) is 8.46. The maximum absolute atomic E-state index is 13.0. The lowest BCUT2D eigenvalue weighted by Crippen LogP contribution is -2.30. The van der Waals surface area contributed by atoms with Gasteiger partial charge in [0, 0.05) is 30.0 Å². The molecule has 172 valence electrons. The van der Waals surface area contributed by atoms with Crippen LogP contribution in [0.25, 0.3) is 11.4 Å². The highest BCUT2D eigenvalue weighted by Crippen LogP contribution is 2.34. The second kappa shape index (κ2) is 8.81. The SMILES string of the molecule is CCN(CC)S(=O)(=O)c1cccc(-c2nnc3n2N=C(c2ccc4c(c2)OCCO4)CS3)c1. The molecule has 3 aromatic rings. The van der Waals surface area contributed by atoms with Gasteiger partial charge in [-0.2, -0.15) is 14.1 Å². The van der Waals surface area contributed by atoms with Crippen molar-refractivity contribution < 1.29 is 17.9 Å². The maximum Gasteiger partial charge on any atom is 0.243 e. The van der Waals surface area contributed by atoms with Crippen LogP contribution in [0.15, 0.2) is 57.6 Å². The van der Waals surface area contributed by atoms with Gasteiger partial charge in [-0.3, -0.25) is 0 Å². The smallest absolute Gasteiger partial charge is 0.243 e. The van der Waals surface area contributed by atoms with Gasteiger partial charge in [0.2, 0.25) is 15.2 Å². The van der Waals surface area contributed by atoms with Crippen LogP contribution in [-0.4, -0.2) is 65.4 Å². The molecule has 0 atom stereocenters. The van der Waals surface area contributed by atoms with Gasteiger partial charge < -0.3 is 9.47 Å². The van der Waals surface area contributed by atoms with Crippen LogP contribution in [0.1, 0.15) is 19.4 Å². The Balaban J connectivity index is 1.52. The van der Waals surface area contributed by atoms with Gasteiger partial charge in [0.1, 0.15) is 13.2 Å². The van der Waals surface area contributed by atoms with E-state index in [-0.39, 0.29) is 4.90 Å². The van der Waals surface area contributed by atoms with Crippen LogP contribution in [-0.2, 0) is 10.0 Å². The van der Waals surface area contributed by atoms with Crippen molar-refractivity contribution in [2.24, 2.45) is 5.10 Å². The highest BCUT2D eigenvalue weighted by atomic mass is 32.2. The molecule has 0 spiro atoms. The molecule has 0 saturated heterocycles. The van der Waals surface area contributed by atoms with Crippen molar-refractivity contribution in [2.75, 3.05) is 32.1 Å². The Morgan fingerprint density at radius 2 is 1.79 bits per heavy atom. The highest BCUT2D eigenvalue weighted by molar-refractivity contribution is 7.99. The fourth-order valence-electron chi connectivity index (χ4n) is 3.78. The molecule has 0 aliphatic carbocycles. The Hall–Kier alpha value is -2.89. The van der Waals surface area contributed by atoms with Crippen molar-refractivity contribution >= 4 is 27.5 Å². The van der Waals surface area contributed by atoms with E-state index in [2.05, 4.69) is 10.2 Å². The van der Waals surface area contributed by atoms with Crippen molar-refractivity contribution in [1.82, 2.24) is 19.2 Å². The molecule has 0 unspecified atom stereocenters. The van der Waals surface area contributed by atoms with Gasteiger partial charge >= 0.3 is 0 Å². The fourth-order valence-corrected chi connectivity index (χ4v) is 6.12. The summed E-state index contributed by atoms with van der Waals surface area (Å²) in [6, 6.07) is 12.5. The summed E-state index contributed by atoms with van der Waals surface area (Å²) in [5, 5.41) is 14.0. The standard InChI is InChI=1S/C22H23N5O4S2/c1-3-26(4-2)33(28,29)17-7-5-6-16(12-17)21-23-24-22-27(21)25-18(14-32-22)15-8-9-19-20(13-15)31-11-10-30-19/h5-9,12-13H,3-4,10-11,14H2,1-2H3. The third kappa shape index (κ3) is 4.00. The van der Waals surface area contributed by atoms with Gasteiger partial charge in [-0.25, -0.2) is 8.42 Å². The second-order valence-corrected chi connectivity index (χ2v) is 10.3. The van der Waals surface area contributed by atoms with E-state index in [9.17, 15) is 8.42 Å². The molecule has 2 aliphatic heterocycles. The molecular weight excluding hydrogens is 462 g/mol. The molecule has 3 heterocycles. The van der Waals surface area contributed by atoms with Crippen LogP contribution in [0.4, 0.5) is 0 Å². The largest absolute Gasteiger partial charge is 0.486 e. The zero-order valence-electron chi connectivity index (χ0n) is 18.3. The van der Waals surface area contributed by atoms with E-state index >= 15 is 0 Å². The van der Waals surface area contributed by atoms with Crippen molar-refractivity contribution in [1.29, 1.82) is 0 Å². The minimum absolute atomic E-state index is 0.223. The van der Waals surface area contributed by atoms with Gasteiger partial charge in [0.15, 0.2) is 17.3 Å². The van der Waals surface area contributed by atoms with Crippen molar-refractivity contribution in [3.63, 3.8) is 0 Å². The van der Waals surface area contributed by atoms with E-state index in [4.69, 9.17) is 14.6 Å². The highest BCUT2D eigenvalue weighted by Gasteiger charge is 2.25. The van der Waals surface area contributed by atoms with Crippen molar-refractivity contribution in [3.8, 4) is 22.9 Å². The Morgan fingerprint density at radius 1 is 1.00 bits per heavy atom. The van der Waals surface area contributed by atoms with E-state index in [1.807, 2.05) is 38.1 Å². The summed E-state index contributed by atoms with van der Waals surface area (Å²) in [7, 11) is -3.59. The summed E-state index contributed by atoms with van der Waals surface area (Å²) in [6.45, 7) is 5.52. The van der Waals surface area contributed by atoms with E-state index in [0.717, 1.165) is 17.0 Å². The fraction of sp³-hybridized carbons (Fsp3) is 0.318. The zero-order chi connectivity index (χ0) is 23.0. The van der Waals surface area contributed by atoms with Crippen molar-refractivity contribution in [3.05, 3.63) is 48.0 Å². The number of benzene rings is 2. The molecule has 33 heavy (non-hydrogen) atoms. The summed E-state index contributed by atoms with van der Waals surface area (Å²) in [5.41, 5.74) is 2.40. The monoisotopic (exact) mass is 485 g/mol. The molecule has 0 fully saturated rings. The molecule has 0 N–H and O–H groups in total. The van der Waals surface area contributed by atoms with E-state index in [0.29, 0.717) is 54.3 Å². The Kier molecular flexibility index (Phi) is 5.85. The normalized spacial score (nSPS) is 15.3. The molecule has 0 amide bonds. The van der Waals surface area contributed by atoms with Crippen molar-refractivity contribution in [2.45, 2.75) is 23.9 Å². The van der Waals surface area contributed by atoms with E-state index in [1.54, 1.807) is 22.9 Å². The van der Waals surface area contributed by atoms with Gasteiger partial charge in [-0.1, -0.05) is 37.7 Å². The summed E-state index contributed by atoms with van der Waals surface area (Å²) >= 11 is 1.53. The minimum atomic E-state index is -3.59. The number of thioether (sulfide) groups is 1. The van der Waals surface area contributed by atoms with E-state index in [1.165, 1.54) is 16.1 Å². The number of rotatable bonds is 6. The average molecular weight is 486 g/mol. The van der Waals surface area contributed by atoms with Crippen LogP contribution in [0.3, 0.4) is 0 Å². The number of ether oxygens (including phenoxy) is 2. The van der Waals surface area contributed by atoms with Crippen LogP contribution in [0, 0.1) is 0 Å². The van der Waals surface area contributed by atoms with Crippen LogP contribution >= 0.6 is 11.8 Å². The molecule has 2 aliphatic rings. The molecular formula is C22H23N5O4S2. The van der Waals surface area contributed by atoms with Crippen LogP contribution < -0.4 is 9.47 Å². The third-order valence-electron chi connectivity index (χ3n) is 5.48. The quantitative estimate of drug-likeness (QED) is 0.529. The molecule has 0 saturated carbocycles. The Labute approximate surface area is 196 Å². The summed E-state index contributed by atoms with van der Waals surface area (Å²) in [5.74, 6) is 2.55. The zero-order valence-corrected chi connectivity index (χ0v) is 19.9. The predicted molar refractivity (Wildman–Crippen MR) is 126 cm³/mol. The van der Waals surface area contributed by atoms with Crippen LogP contribution in [0.2, 0.25) is 0 Å². The van der Waals surface area contributed by atoms with Gasteiger partial charge in [0.05, 0.1) is 10.6 Å². The summed E-state index contributed by atoms with van der Waals surface area (Å²) in [4.78, 5) is 0.223. The molecule has 0 radical (unpaired) electrons. The number of fused-ring (bicyclic) bond motifs is 2. The number of nitrogens with zero attached hydrogens (tertiary/aromatic N) is 5. The number of hydrogen-bond donors (Lipinski definition) is 0. The molecule has 2 aromatic carbocycles. The second-order valence-electron chi connectivity index (χ2n) is 7.43. The van der Waals surface area contributed by atoms with Crippen LogP contribution in [0.5, 0.6) is 11.5 Å². The average Bonchev–Trinajstić information content (AvgIpc) is 3.28. The predicted octanol–water partition coefficient (Wildman–Crippen LogP) is 3.10. The molecule has 0 bridgehead atoms. The topological polar surface area (TPSA) is 98.9 Å². The Bertz CT molecular complexity index is 1330.